The Morgan fingerprint density at radius 1 is 1.21 bits per heavy atom. The number of benzene rings is 2. The Balaban J connectivity index is 1.24. The number of aromatic carboxylic acids is 1. The number of ether oxygens (including phenoxy) is 2. The van der Waals surface area contributed by atoms with E-state index in [1.165, 1.54) is 12.1 Å². The lowest BCUT2D eigenvalue weighted by molar-refractivity contribution is -0.0592. The molecule has 13 heteroatoms. The van der Waals surface area contributed by atoms with Crippen molar-refractivity contribution in [3.63, 3.8) is 0 Å². The van der Waals surface area contributed by atoms with Crippen molar-refractivity contribution in [1.82, 2.24) is 19.4 Å². The Hall–Kier alpha value is -4.18. The van der Waals surface area contributed by atoms with Gasteiger partial charge in [0.25, 0.3) is 0 Å². The van der Waals surface area contributed by atoms with Crippen LogP contribution in [0.1, 0.15) is 39.4 Å². The van der Waals surface area contributed by atoms with E-state index in [0.717, 1.165) is 24.1 Å². The molecule has 2 aliphatic rings. The lowest BCUT2D eigenvalue weighted by atomic mass is 10.1. The van der Waals surface area contributed by atoms with Crippen molar-refractivity contribution in [3.8, 4) is 5.88 Å². The van der Waals surface area contributed by atoms with Crippen molar-refractivity contribution in [2.24, 2.45) is 0 Å². The number of aromatic nitrogens is 3. The normalized spacial score (nSPS) is 16.6. The Kier molecular flexibility index (Phi) is 7.49. The minimum atomic E-state index is -1.36. The van der Waals surface area contributed by atoms with Gasteiger partial charge in [0.05, 0.1) is 48.1 Å². The fourth-order valence-electron chi connectivity index (χ4n) is 5.18. The molecule has 2 aliphatic heterocycles. The van der Waals surface area contributed by atoms with Crippen LogP contribution in [-0.4, -0.2) is 49.8 Å². The molecule has 6 rings (SSSR count). The van der Waals surface area contributed by atoms with Crippen LogP contribution < -0.4 is 4.74 Å². The van der Waals surface area contributed by atoms with Crippen LogP contribution in [0.2, 0.25) is 5.02 Å². The van der Waals surface area contributed by atoms with Gasteiger partial charge in [-0.05, 0) is 48.7 Å². The fraction of sp³-hybridized carbons (Fsp3) is 0.310. The van der Waals surface area contributed by atoms with Gasteiger partial charge in [0.2, 0.25) is 5.88 Å². The van der Waals surface area contributed by atoms with E-state index in [2.05, 4.69) is 19.7 Å². The zero-order chi connectivity index (χ0) is 29.5. The standard InChI is InChI=1S/C29H23ClF3N5O4/c1-34-16-9-21(31)19(22(32)10-16)14-42-28-20(30)8-15-4-6-37(12-24(15)36-28)13-25-35-23-3-2-18(29(39)40)26(33)27(23)38(25)11-17-5-7-41-17/h2-3,8-10,17H,4-7,11-14H2,(H,39,40)/t17-/m0/s1. The van der Waals surface area contributed by atoms with Crippen molar-refractivity contribution < 1.29 is 32.5 Å². The third-order valence-electron chi connectivity index (χ3n) is 7.49. The Bertz CT molecular complexity index is 1750. The molecule has 1 N–H and O–H groups in total. The monoisotopic (exact) mass is 597 g/mol. The molecule has 1 fully saturated rings. The Morgan fingerprint density at radius 3 is 2.64 bits per heavy atom. The highest BCUT2D eigenvalue weighted by atomic mass is 35.5. The highest BCUT2D eigenvalue weighted by Crippen LogP contribution is 2.31. The molecular weight excluding hydrogens is 575 g/mol. The number of halogens is 4. The van der Waals surface area contributed by atoms with Crippen LogP contribution in [-0.2, 0) is 37.4 Å². The highest BCUT2D eigenvalue weighted by molar-refractivity contribution is 6.31. The number of hydrogen-bond donors (Lipinski definition) is 1. The quantitative estimate of drug-likeness (QED) is 0.261. The molecule has 0 radical (unpaired) electrons. The van der Waals surface area contributed by atoms with Crippen LogP contribution >= 0.6 is 11.6 Å². The van der Waals surface area contributed by atoms with E-state index in [0.29, 0.717) is 56.2 Å². The molecule has 0 aliphatic carbocycles. The van der Waals surface area contributed by atoms with Gasteiger partial charge in [-0.25, -0.2) is 32.8 Å². The largest absolute Gasteiger partial charge is 0.478 e. The zero-order valence-corrected chi connectivity index (χ0v) is 22.8. The van der Waals surface area contributed by atoms with Crippen LogP contribution in [0.15, 0.2) is 30.3 Å². The lowest BCUT2D eigenvalue weighted by Gasteiger charge is -2.30. The molecular formula is C29H23ClF3N5O4. The van der Waals surface area contributed by atoms with Gasteiger partial charge in [-0.15, -0.1) is 0 Å². The molecule has 42 heavy (non-hydrogen) atoms. The maximum atomic E-state index is 15.3. The van der Waals surface area contributed by atoms with Crippen LogP contribution in [0, 0.1) is 24.0 Å². The second-order valence-corrected chi connectivity index (χ2v) is 10.6. The van der Waals surface area contributed by atoms with Gasteiger partial charge in [0, 0.05) is 19.7 Å². The van der Waals surface area contributed by atoms with Crippen LogP contribution in [0.3, 0.4) is 0 Å². The topological polar surface area (TPSA) is 94.1 Å². The molecule has 2 aromatic carbocycles. The fourth-order valence-corrected chi connectivity index (χ4v) is 5.41. The summed E-state index contributed by atoms with van der Waals surface area (Å²) in [5.74, 6) is -3.42. The van der Waals surface area contributed by atoms with Crippen molar-refractivity contribution in [2.45, 2.75) is 45.2 Å². The number of carboxylic acids is 1. The van der Waals surface area contributed by atoms with E-state index >= 15 is 4.39 Å². The highest BCUT2D eigenvalue weighted by Gasteiger charge is 2.28. The zero-order valence-electron chi connectivity index (χ0n) is 22.0. The van der Waals surface area contributed by atoms with E-state index < -0.39 is 35.6 Å². The molecule has 0 spiro atoms. The van der Waals surface area contributed by atoms with Gasteiger partial charge in [0.15, 0.2) is 11.5 Å². The maximum Gasteiger partial charge on any atom is 0.338 e. The average Bonchev–Trinajstić information content (AvgIpc) is 3.27. The number of pyridine rings is 1. The molecule has 9 nitrogen and oxygen atoms in total. The van der Waals surface area contributed by atoms with Crippen molar-refractivity contribution >= 4 is 34.3 Å². The van der Waals surface area contributed by atoms with Gasteiger partial charge in [-0.3, -0.25) is 4.90 Å². The van der Waals surface area contributed by atoms with E-state index in [4.69, 9.17) is 27.6 Å². The number of carboxylic acid groups (broad SMARTS) is 1. The summed E-state index contributed by atoms with van der Waals surface area (Å²) in [5, 5.41) is 9.63. The van der Waals surface area contributed by atoms with Gasteiger partial charge >= 0.3 is 5.97 Å². The number of fused-ring (bicyclic) bond motifs is 2. The SMILES string of the molecule is [C-]#[N+]c1cc(F)c(COc2nc3c(cc2Cl)CCN(Cc2nc4ccc(C(=O)O)c(F)c4n2C[C@@H]2CCO2)C3)c(F)c1. The molecule has 1 atom stereocenters. The van der Waals surface area contributed by atoms with Gasteiger partial charge in [-0.2, -0.15) is 0 Å². The molecule has 0 saturated carbocycles. The molecule has 1 saturated heterocycles. The first-order valence-corrected chi connectivity index (χ1v) is 13.5. The predicted molar refractivity (Wildman–Crippen MR) is 145 cm³/mol. The van der Waals surface area contributed by atoms with Crippen LogP contribution in [0.25, 0.3) is 15.9 Å². The van der Waals surface area contributed by atoms with E-state index in [9.17, 15) is 18.7 Å². The molecule has 4 aromatic rings. The first-order chi connectivity index (χ1) is 20.2. The second-order valence-electron chi connectivity index (χ2n) is 10.2. The minimum absolute atomic E-state index is 0.0166. The molecule has 0 unspecified atom stereocenters. The van der Waals surface area contributed by atoms with Crippen molar-refractivity contribution in [3.05, 3.63) is 92.4 Å². The minimum Gasteiger partial charge on any atom is -0.478 e. The summed E-state index contributed by atoms with van der Waals surface area (Å²) in [6.45, 7) is 8.75. The predicted octanol–water partition coefficient (Wildman–Crippen LogP) is 5.68. The summed E-state index contributed by atoms with van der Waals surface area (Å²) in [7, 11) is 0. The molecule has 2 aromatic heterocycles. The summed E-state index contributed by atoms with van der Waals surface area (Å²) in [4.78, 5) is 25.8. The molecule has 4 heterocycles. The van der Waals surface area contributed by atoms with Crippen molar-refractivity contribution in [1.29, 1.82) is 0 Å². The lowest BCUT2D eigenvalue weighted by Crippen LogP contribution is -2.34. The van der Waals surface area contributed by atoms with Gasteiger partial charge < -0.3 is 19.1 Å². The Labute approximate surface area is 242 Å². The summed E-state index contributed by atoms with van der Waals surface area (Å²) < 4.78 is 56.9. The number of nitrogens with zero attached hydrogens (tertiary/aromatic N) is 5. The average molecular weight is 598 g/mol. The summed E-state index contributed by atoms with van der Waals surface area (Å²) >= 11 is 6.37. The van der Waals surface area contributed by atoms with Gasteiger partial charge in [0.1, 0.15) is 34.6 Å². The van der Waals surface area contributed by atoms with Crippen LogP contribution in [0.5, 0.6) is 5.88 Å². The Morgan fingerprint density at radius 2 is 1.98 bits per heavy atom. The maximum absolute atomic E-state index is 15.3. The summed E-state index contributed by atoms with van der Waals surface area (Å²) in [5.41, 5.74) is 1.12. The second kappa shape index (κ2) is 11.2. The first-order valence-electron chi connectivity index (χ1n) is 13.1. The number of hydrogen-bond acceptors (Lipinski definition) is 6. The van der Waals surface area contributed by atoms with Crippen LogP contribution in [0.4, 0.5) is 18.9 Å². The van der Waals surface area contributed by atoms with Crippen molar-refractivity contribution in [2.75, 3.05) is 13.2 Å². The van der Waals surface area contributed by atoms with E-state index in [-0.39, 0.29) is 33.8 Å². The third-order valence-corrected chi connectivity index (χ3v) is 7.76. The summed E-state index contributed by atoms with van der Waals surface area (Å²) in [6.07, 6.45) is 1.29. The third kappa shape index (κ3) is 5.27. The first kappa shape index (κ1) is 28.0. The molecule has 0 amide bonds. The van der Waals surface area contributed by atoms with Gasteiger partial charge in [-0.1, -0.05) is 11.6 Å². The molecule has 0 bridgehead atoms. The number of carbonyl (C=O) groups is 1. The number of rotatable bonds is 8. The van der Waals surface area contributed by atoms with E-state index in [1.807, 2.05) is 0 Å². The number of imidazole rings is 1. The molecule has 216 valence electrons. The van der Waals surface area contributed by atoms with E-state index in [1.54, 1.807) is 10.6 Å². The smallest absolute Gasteiger partial charge is 0.338 e. The summed E-state index contributed by atoms with van der Waals surface area (Å²) in [6, 6.07) is 6.31.